The fourth-order valence-corrected chi connectivity index (χ4v) is 0.677. The first-order valence-corrected chi connectivity index (χ1v) is 3.63. The molecule has 0 spiro atoms. The van der Waals surface area contributed by atoms with Gasteiger partial charge in [0.1, 0.15) is 6.10 Å². The van der Waals surface area contributed by atoms with E-state index in [-0.39, 0.29) is 6.10 Å². The highest BCUT2D eigenvalue weighted by Gasteiger charge is 2.11. The van der Waals surface area contributed by atoms with Crippen molar-refractivity contribution in [2.45, 2.75) is 26.4 Å². The van der Waals surface area contributed by atoms with Gasteiger partial charge >= 0.3 is 0 Å². The van der Waals surface area contributed by atoms with Crippen LogP contribution in [-0.2, 0) is 11.2 Å². The molecule has 0 aliphatic carbocycles. The molecule has 1 aromatic heterocycles. The third kappa shape index (κ3) is 1.77. The van der Waals surface area contributed by atoms with Crippen molar-refractivity contribution in [3.63, 3.8) is 0 Å². The molecule has 0 amide bonds. The zero-order valence-corrected chi connectivity index (χ0v) is 7.00. The molecular weight excluding hydrogens is 144 g/mol. The number of aromatic nitrogens is 2. The van der Waals surface area contributed by atoms with E-state index in [4.69, 9.17) is 9.26 Å². The molecule has 0 aromatic carbocycles. The van der Waals surface area contributed by atoms with Gasteiger partial charge in [0, 0.05) is 13.5 Å². The average Bonchev–Trinajstić information content (AvgIpc) is 2.50. The van der Waals surface area contributed by atoms with Gasteiger partial charge in [-0.1, -0.05) is 12.1 Å². The number of ether oxygens (including phenoxy) is 1. The molecule has 0 aliphatic rings. The van der Waals surface area contributed by atoms with Gasteiger partial charge in [0.2, 0.25) is 0 Å². The van der Waals surface area contributed by atoms with E-state index in [1.807, 2.05) is 13.8 Å². The van der Waals surface area contributed by atoms with Crippen LogP contribution in [0.25, 0.3) is 0 Å². The quantitative estimate of drug-likeness (QED) is 0.662. The summed E-state index contributed by atoms with van der Waals surface area (Å²) >= 11 is 0. The van der Waals surface area contributed by atoms with Crippen LogP contribution in [0, 0.1) is 0 Å². The van der Waals surface area contributed by atoms with Gasteiger partial charge < -0.3 is 9.26 Å². The first-order chi connectivity index (χ1) is 5.27. The minimum absolute atomic E-state index is 0.109. The summed E-state index contributed by atoms with van der Waals surface area (Å²) < 4.78 is 9.92. The van der Waals surface area contributed by atoms with E-state index in [0.717, 1.165) is 12.2 Å². The Morgan fingerprint density at radius 2 is 2.36 bits per heavy atom. The Kier molecular flexibility index (Phi) is 2.59. The molecule has 62 valence electrons. The Balaban J connectivity index is 2.71. The monoisotopic (exact) mass is 156 g/mol. The van der Waals surface area contributed by atoms with Gasteiger partial charge in [-0.15, -0.1) is 0 Å². The first-order valence-electron chi connectivity index (χ1n) is 3.63. The smallest absolute Gasteiger partial charge is 0.255 e. The van der Waals surface area contributed by atoms with Gasteiger partial charge in [-0.2, -0.15) is 4.98 Å². The summed E-state index contributed by atoms with van der Waals surface area (Å²) in [4.78, 5) is 4.10. The highest BCUT2D eigenvalue weighted by atomic mass is 16.5. The molecule has 0 N–H and O–H groups in total. The van der Waals surface area contributed by atoms with Crippen LogP contribution in [0.4, 0.5) is 0 Å². The summed E-state index contributed by atoms with van der Waals surface area (Å²) in [5.41, 5.74) is 0. The van der Waals surface area contributed by atoms with E-state index in [9.17, 15) is 0 Å². The lowest BCUT2D eigenvalue weighted by atomic mass is 10.4. The molecule has 1 atom stereocenters. The topological polar surface area (TPSA) is 48.2 Å². The summed E-state index contributed by atoms with van der Waals surface area (Å²) in [6, 6.07) is 0. The van der Waals surface area contributed by atoms with Gasteiger partial charge in [0.25, 0.3) is 5.89 Å². The van der Waals surface area contributed by atoms with Crippen molar-refractivity contribution in [2.24, 2.45) is 0 Å². The third-order valence-electron chi connectivity index (χ3n) is 1.50. The summed E-state index contributed by atoms with van der Waals surface area (Å²) in [7, 11) is 1.61. The van der Waals surface area contributed by atoms with Gasteiger partial charge in [0.15, 0.2) is 5.82 Å². The molecule has 1 unspecified atom stereocenters. The van der Waals surface area contributed by atoms with Crippen LogP contribution >= 0.6 is 0 Å². The van der Waals surface area contributed by atoms with Crippen LogP contribution in [0.5, 0.6) is 0 Å². The average molecular weight is 156 g/mol. The second-order valence-electron chi connectivity index (χ2n) is 2.28. The second-order valence-corrected chi connectivity index (χ2v) is 2.28. The van der Waals surface area contributed by atoms with E-state index in [1.165, 1.54) is 0 Å². The largest absolute Gasteiger partial charge is 0.372 e. The number of methoxy groups -OCH3 is 1. The summed E-state index contributed by atoms with van der Waals surface area (Å²) in [5, 5.41) is 3.74. The lowest BCUT2D eigenvalue weighted by molar-refractivity contribution is 0.0886. The molecule has 1 aromatic rings. The standard InChI is InChI=1S/C7H12N2O2/c1-4-6-8-7(11-9-6)5(2)10-3/h5H,4H2,1-3H3. The van der Waals surface area contributed by atoms with Crippen molar-refractivity contribution in [3.8, 4) is 0 Å². The van der Waals surface area contributed by atoms with Crippen LogP contribution in [0.2, 0.25) is 0 Å². The number of aryl methyl sites for hydroxylation is 1. The van der Waals surface area contributed by atoms with Crippen molar-refractivity contribution in [1.82, 2.24) is 10.1 Å². The minimum atomic E-state index is -0.109. The second kappa shape index (κ2) is 3.48. The third-order valence-corrected chi connectivity index (χ3v) is 1.50. The zero-order chi connectivity index (χ0) is 8.27. The maximum atomic E-state index is 5.00. The lowest BCUT2D eigenvalue weighted by Crippen LogP contribution is -1.95. The molecule has 0 bridgehead atoms. The molecule has 0 fully saturated rings. The molecule has 0 saturated heterocycles. The molecule has 11 heavy (non-hydrogen) atoms. The number of nitrogens with zero attached hydrogens (tertiary/aromatic N) is 2. The highest BCUT2D eigenvalue weighted by Crippen LogP contribution is 2.12. The lowest BCUT2D eigenvalue weighted by Gasteiger charge is -2.00. The Hall–Kier alpha value is -0.900. The van der Waals surface area contributed by atoms with Crippen molar-refractivity contribution < 1.29 is 9.26 Å². The molecule has 0 radical (unpaired) electrons. The zero-order valence-electron chi connectivity index (χ0n) is 7.00. The number of hydrogen-bond acceptors (Lipinski definition) is 4. The van der Waals surface area contributed by atoms with Crippen LogP contribution in [0.1, 0.15) is 31.7 Å². The van der Waals surface area contributed by atoms with Crippen molar-refractivity contribution in [1.29, 1.82) is 0 Å². The van der Waals surface area contributed by atoms with Crippen LogP contribution in [-0.4, -0.2) is 17.3 Å². The predicted molar refractivity (Wildman–Crippen MR) is 39.1 cm³/mol. The summed E-state index contributed by atoms with van der Waals surface area (Å²) in [5.74, 6) is 1.27. The van der Waals surface area contributed by atoms with E-state index in [2.05, 4.69) is 10.1 Å². The van der Waals surface area contributed by atoms with E-state index in [0.29, 0.717) is 5.89 Å². The van der Waals surface area contributed by atoms with E-state index < -0.39 is 0 Å². The predicted octanol–water partition coefficient (Wildman–Crippen LogP) is 1.34. The van der Waals surface area contributed by atoms with Crippen LogP contribution in [0.3, 0.4) is 0 Å². The van der Waals surface area contributed by atoms with Gasteiger partial charge in [0.05, 0.1) is 0 Å². The molecule has 0 aliphatic heterocycles. The van der Waals surface area contributed by atoms with Crippen molar-refractivity contribution >= 4 is 0 Å². The molecular formula is C7H12N2O2. The van der Waals surface area contributed by atoms with Crippen molar-refractivity contribution in [2.75, 3.05) is 7.11 Å². The molecule has 4 heteroatoms. The van der Waals surface area contributed by atoms with Gasteiger partial charge in [-0.05, 0) is 6.92 Å². The maximum Gasteiger partial charge on any atom is 0.255 e. The Labute approximate surface area is 65.6 Å². The fourth-order valence-electron chi connectivity index (χ4n) is 0.677. The number of hydrogen-bond donors (Lipinski definition) is 0. The SMILES string of the molecule is CCc1noc(C(C)OC)n1. The van der Waals surface area contributed by atoms with E-state index >= 15 is 0 Å². The van der Waals surface area contributed by atoms with Crippen LogP contribution < -0.4 is 0 Å². The van der Waals surface area contributed by atoms with Crippen molar-refractivity contribution in [3.05, 3.63) is 11.7 Å². The molecule has 4 nitrogen and oxygen atoms in total. The summed E-state index contributed by atoms with van der Waals surface area (Å²) in [6.07, 6.45) is 0.683. The molecule has 1 heterocycles. The highest BCUT2D eigenvalue weighted by molar-refractivity contribution is 4.87. The van der Waals surface area contributed by atoms with Crippen LogP contribution in [0.15, 0.2) is 4.52 Å². The first kappa shape index (κ1) is 8.20. The Morgan fingerprint density at radius 3 is 2.82 bits per heavy atom. The minimum Gasteiger partial charge on any atom is -0.372 e. The Morgan fingerprint density at radius 1 is 1.64 bits per heavy atom. The van der Waals surface area contributed by atoms with Gasteiger partial charge in [-0.25, -0.2) is 0 Å². The maximum absolute atomic E-state index is 5.00. The van der Waals surface area contributed by atoms with Gasteiger partial charge in [-0.3, -0.25) is 0 Å². The number of rotatable bonds is 3. The molecule has 1 rings (SSSR count). The normalized spacial score (nSPS) is 13.4. The molecule has 0 saturated carbocycles. The fraction of sp³-hybridized carbons (Fsp3) is 0.714. The summed E-state index contributed by atoms with van der Waals surface area (Å²) in [6.45, 7) is 3.85. The Bertz CT molecular complexity index is 222. The van der Waals surface area contributed by atoms with E-state index in [1.54, 1.807) is 7.11 Å².